The number of piperazine rings is 2. The van der Waals surface area contributed by atoms with Gasteiger partial charge in [0, 0.05) is 66.2 Å². The van der Waals surface area contributed by atoms with Crippen molar-refractivity contribution in [3.8, 4) is 0 Å². The number of nitrogens with one attached hydrogen (secondary N) is 2. The largest absolute Gasteiger partial charge is 0.394 e. The van der Waals surface area contributed by atoms with Gasteiger partial charge in [-0.05, 0) is 0 Å². The normalized spacial score (nSPS) is 16.7. The molecule has 0 spiro atoms. The molecule has 2 rings (SSSR count). The monoisotopic (exact) mass is 438 g/mol. The fourth-order valence-electron chi connectivity index (χ4n) is 2.52. The Morgan fingerprint density at radius 2 is 0.862 bits per heavy atom. The molecule has 168 valence electrons. The number of hydrogen-bond donors (Lipinski definition) is 6. The van der Waals surface area contributed by atoms with Crippen molar-refractivity contribution < 1.29 is 27.1 Å². The van der Waals surface area contributed by atoms with Crippen LogP contribution in [0, 0.1) is 10.8 Å². The molecule has 0 aromatic rings. The number of carbonyl (C=O) groups is 2. The molecule has 2 aliphatic rings. The van der Waals surface area contributed by atoms with Crippen LogP contribution in [0.15, 0.2) is 0 Å². The summed E-state index contributed by atoms with van der Waals surface area (Å²) >= 11 is 0. The molecule has 0 aromatic heterocycles. The maximum atomic E-state index is 10.9. The van der Waals surface area contributed by atoms with Crippen molar-refractivity contribution in [2.75, 3.05) is 52.4 Å². The van der Waals surface area contributed by atoms with Crippen molar-refractivity contribution in [2.45, 2.75) is 13.8 Å². The molecular weight excluding hydrogens is 408 g/mol. The highest BCUT2D eigenvalue weighted by Gasteiger charge is 2.19. The highest BCUT2D eigenvalue weighted by Crippen LogP contribution is 2.01. The van der Waals surface area contributed by atoms with E-state index in [0.29, 0.717) is 52.4 Å². The average molecular weight is 439 g/mol. The summed E-state index contributed by atoms with van der Waals surface area (Å²) in [6.45, 7) is 8.52. The fourth-order valence-corrected chi connectivity index (χ4v) is 2.52. The minimum absolute atomic E-state index is 0.0956. The zero-order valence-electron chi connectivity index (χ0n) is 16.5. The molecule has 0 atom stereocenters. The summed E-state index contributed by atoms with van der Waals surface area (Å²) in [5.41, 5.74) is 10.6. The van der Waals surface area contributed by atoms with Crippen LogP contribution in [0.25, 0.3) is 0 Å². The number of hydrogen-bond acceptors (Lipinski definition) is 6. The SMILES string of the molecule is CC(=O)N1CCN(C(=N)N)CC1.CC(=O)N1CCN(C(=N)N)CC1.O=S(=O)(O)O. The molecule has 0 aliphatic carbocycles. The first kappa shape index (κ1) is 26.3. The molecule has 2 amide bonds. The van der Waals surface area contributed by atoms with Gasteiger partial charge in [0.2, 0.25) is 11.8 Å². The van der Waals surface area contributed by atoms with E-state index in [2.05, 4.69) is 0 Å². The summed E-state index contributed by atoms with van der Waals surface area (Å²) in [4.78, 5) is 28.8. The van der Waals surface area contributed by atoms with Crippen LogP contribution in [0.1, 0.15) is 13.8 Å². The first-order chi connectivity index (χ1) is 13.2. The molecule has 8 N–H and O–H groups in total. The van der Waals surface area contributed by atoms with Crippen LogP contribution in [-0.2, 0) is 20.0 Å². The standard InChI is InChI=1S/2C7H14N4O.H2O4S/c2*1-6(12)10-2-4-11(5-3-10)7(8)9;1-5(2,3)4/h2*2-5H2,1H3,(H3,8,9);(H2,1,2,3,4). The van der Waals surface area contributed by atoms with Gasteiger partial charge in [-0.25, -0.2) is 0 Å². The third-order valence-corrected chi connectivity index (χ3v) is 4.13. The molecule has 0 bridgehead atoms. The van der Waals surface area contributed by atoms with Crippen LogP contribution in [0.4, 0.5) is 0 Å². The lowest BCUT2D eigenvalue weighted by molar-refractivity contribution is -0.130. The van der Waals surface area contributed by atoms with E-state index >= 15 is 0 Å². The van der Waals surface area contributed by atoms with Crippen LogP contribution < -0.4 is 11.5 Å². The molecule has 0 aromatic carbocycles. The molecule has 14 nitrogen and oxygen atoms in total. The van der Waals surface area contributed by atoms with E-state index in [1.165, 1.54) is 0 Å². The van der Waals surface area contributed by atoms with E-state index in [1.54, 1.807) is 33.4 Å². The smallest absolute Gasteiger partial charge is 0.370 e. The van der Waals surface area contributed by atoms with Crippen molar-refractivity contribution in [3.05, 3.63) is 0 Å². The van der Waals surface area contributed by atoms with Gasteiger partial charge in [-0.2, -0.15) is 8.42 Å². The van der Waals surface area contributed by atoms with Crippen molar-refractivity contribution in [2.24, 2.45) is 11.5 Å². The molecule has 2 heterocycles. The van der Waals surface area contributed by atoms with Gasteiger partial charge in [0.05, 0.1) is 0 Å². The second-order valence-corrected chi connectivity index (χ2v) is 7.10. The van der Waals surface area contributed by atoms with Crippen molar-refractivity contribution in [1.82, 2.24) is 19.6 Å². The van der Waals surface area contributed by atoms with Crippen LogP contribution >= 0.6 is 0 Å². The molecule has 0 radical (unpaired) electrons. The Labute approximate surface area is 170 Å². The second-order valence-electron chi connectivity index (χ2n) is 6.20. The van der Waals surface area contributed by atoms with E-state index < -0.39 is 10.4 Å². The van der Waals surface area contributed by atoms with E-state index in [1.807, 2.05) is 0 Å². The number of amides is 2. The maximum absolute atomic E-state index is 10.9. The highest BCUT2D eigenvalue weighted by atomic mass is 32.3. The quantitative estimate of drug-likeness (QED) is 0.132. The second kappa shape index (κ2) is 12.0. The minimum atomic E-state index is -4.67. The van der Waals surface area contributed by atoms with Crippen LogP contribution in [0.5, 0.6) is 0 Å². The van der Waals surface area contributed by atoms with E-state index in [-0.39, 0.29) is 23.7 Å². The van der Waals surface area contributed by atoms with E-state index in [4.69, 9.17) is 39.8 Å². The van der Waals surface area contributed by atoms with Gasteiger partial charge in [0.15, 0.2) is 11.9 Å². The van der Waals surface area contributed by atoms with Crippen LogP contribution in [0.3, 0.4) is 0 Å². The summed E-state index contributed by atoms with van der Waals surface area (Å²) in [6.07, 6.45) is 0. The Hall–Kier alpha value is -2.65. The van der Waals surface area contributed by atoms with Gasteiger partial charge < -0.3 is 31.1 Å². The van der Waals surface area contributed by atoms with E-state index in [9.17, 15) is 9.59 Å². The Morgan fingerprint density at radius 3 is 1.00 bits per heavy atom. The fraction of sp³-hybridized carbons (Fsp3) is 0.714. The molecule has 0 unspecified atom stereocenters. The van der Waals surface area contributed by atoms with Gasteiger partial charge >= 0.3 is 10.4 Å². The third-order valence-electron chi connectivity index (χ3n) is 4.13. The molecule has 29 heavy (non-hydrogen) atoms. The highest BCUT2D eigenvalue weighted by molar-refractivity contribution is 7.79. The van der Waals surface area contributed by atoms with E-state index in [0.717, 1.165) is 0 Å². The lowest BCUT2D eigenvalue weighted by Crippen LogP contribution is -2.51. The summed E-state index contributed by atoms with van der Waals surface area (Å²) < 4.78 is 31.6. The van der Waals surface area contributed by atoms with Gasteiger partial charge in [0.25, 0.3) is 0 Å². The van der Waals surface area contributed by atoms with Crippen LogP contribution in [0.2, 0.25) is 0 Å². The minimum Gasteiger partial charge on any atom is -0.370 e. The zero-order chi connectivity index (χ0) is 22.8. The molecule has 2 saturated heterocycles. The number of guanidine groups is 2. The number of carbonyl (C=O) groups excluding carboxylic acids is 2. The van der Waals surface area contributed by atoms with Gasteiger partial charge in [-0.15, -0.1) is 0 Å². The number of nitrogens with two attached hydrogens (primary N) is 2. The van der Waals surface area contributed by atoms with Crippen molar-refractivity contribution in [1.29, 1.82) is 10.8 Å². The van der Waals surface area contributed by atoms with Crippen molar-refractivity contribution >= 4 is 34.1 Å². The van der Waals surface area contributed by atoms with Crippen molar-refractivity contribution in [3.63, 3.8) is 0 Å². The molecular formula is C14H30N8O6S. The first-order valence-corrected chi connectivity index (χ1v) is 10.0. The van der Waals surface area contributed by atoms with Gasteiger partial charge in [-0.1, -0.05) is 0 Å². The molecule has 0 saturated carbocycles. The Bertz CT molecular complexity index is 588. The average Bonchev–Trinajstić information content (AvgIpc) is 2.61. The Morgan fingerprint density at radius 1 is 0.690 bits per heavy atom. The molecule has 2 fully saturated rings. The molecule has 15 heteroatoms. The lowest BCUT2D eigenvalue weighted by Gasteiger charge is -2.34. The topological polar surface area (TPSA) is 221 Å². The van der Waals surface area contributed by atoms with Crippen LogP contribution in [-0.4, -0.2) is 113 Å². The predicted molar refractivity (Wildman–Crippen MR) is 106 cm³/mol. The number of rotatable bonds is 0. The Balaban J connectivity index is 0.000000442. The van der Waals surface area contributed by atoms with Gasteiger partial charge in [0.1, 0.15) is 0 Å². The third kappa shape index (κ3) is 12.4. The summed E-state index contributed by atoms with van der Waals surface area (Å²) in [6, 6.07) is 0. The predicted octanol–water partition coefficient (Wildman–Crippen LogP) is -2.56. The first-order valence-electron chi connectivity index (χ1n) is 8.61. The summed E-state index contributed by atoms with van der Waals surface area (Å²) in [7, 11) is -4.67. The van der Waals surface area contributed by atoms with Gasteiger partial charge in [-0.3, -0.25) is 29.5 Å². The maximum Gasteiger partial charge on any atom is 0.394 e. The number of nitrogens with zero attached hydrogens (tertiary/aromatic N) is 4. The Kier molecular flexibility index (Phi) is 10.9. The summed E-state index contributed by atoms with van der Waals surface area (Å²) in [5.74, 6) is 0.382. The molecule has 2 aliphatic heterocycles. The zero-order valence-corrected chi connectivity index (χ0v) is 17.4. The summed E-state index contributed by atoms with van der Waals surface area (Å²) in [5, 5.41) is 14.3. The lowest BCUT2D eigenvalue weighted by atomic mass is 10.3.